The van der Waals surface area contributed by atoms with Crippen LogP contribution in [-0.2, 0) is 10.0 Å². The third-order valence-corrected chi connectivity index (χ3v) is 6.05. The molecular formula is C20H24N2O4S. The first kappa shape index (κ1) is 19.2. The number of anilines is 1. The Hall–Kier alpha value is -2.54. The average Bonchev–Trinajstić information content (AvgIpc) is 2.69. The van der Waals surface area contributed by atoms with Crippen molar-refractivity contribution in [1.82, 2.24) is 4.90 Å². The second-order valence-corrected chi connectivity index (χ2v) is 8.34. The van der Waals surface area contributed by atoms with Crippen molar-refractivity contribution in [3.8, 4) is 5.75 Å². The Morgan fingerprint density at radius 1 is 1.04 bits per heavy atom. The molecule has 1 aliphatic rings. The molecule has 0 aromatic heterocycles. The molecular weight excluding hydrogens is 364 g/mol. The first-order valence-corrected chi connectivity index (χ1v) is 10.5. The first-order valence-electron chi connectivity index (χ1n) is 8.97. The Morgan fingerprint density at radius 3 is 2.33 bits per heavy atom. The molecule has 2 aromatic carbocycles. The number of aryl methyl sites for hydroxylation is 1. The lowest BCUT2D eigenvalue weighted by Gasteiger charge is -2.27. The lowest BCUT2D eigenvalue weighted by atomic mass is 10.1. The van der Waals surface area contributed by atoms with Crippen molar-refractivity contribution in [3.63, 3.8) is 0 Å². The van der Waals surface area contributed by atoms with Gasteiger partial charge in [0.25, 0.3) is 15.9 Å². The van der Waals surface area contributed by atoms with Gasteiger partial charge in [-0.2, -0.15) is 0 Å². The molecule has 1 saturated heterocycles. The van der Waals surface area contributed by atoms with Crippen LogP contribution in [0.4, 0.5) is 5.69 Å². The average molecular weight is 388 g/mol. The number of nitrogens with zero attached hydrogens (tertiary/aromatic N) is 1. The van der Waals surface area contributed by atoms with E-state index in [1.807, 2.05) is 19.1 Å². The molecule has 0 atom stereocenters. The van der Waals surface area contributed by atoms with Crippen LogP contribution in [0.15, 0.2) is 47.4 Å². The van der Waals surface area contributed by atoms with E-state index in [2.05, 4.69) is 4.72 Å². The zero-order valence-corrected chi connectivity index (χ0v) is 16.4. The third-order valence-electron chi connectivity index (χ3n) is 4.65. The predicted octanol–water partition coefficient (Wildman–Crippen LogP) is 3.43. The van der Waals surface area contributed by atoms with Gasteiger partial charge in [0.15, 0.2) is 0 Å². The van der Waals surface area contributed by atoms with Gasteiger partial charge in [-0.1, -0.05) is 17.7 Å². The molecule has 1 aliphatic heterocycles. The molecule has 1 fully saturated rings. The number of rotatable bonds is 5. The number of piperidine rings is 1. The van der Waals surface area contributed by atoms with Crippen LogP contribution in [0.1, 0.15) is 35.2 Å². The summed E-state index contributed by atoms with van der Waals surface area (Å²) in [6, 6.07) is 11.6. The molecule has 144 valence electrons. The number of amides is 1. The normalized spacial score (nSPS) is 14.7. The monoisotopic (exact) mass is 388 g/mol. The first-order chi connectivity index (χ1) is 12.9. The molecule has 7 heteroatoms. The smallest absolute Gasteiger partial charge is 0.265 e. The van der Waals surface area contributed by atoms with Crippen molar-refractivity contribution in [3.05, 3.63) is 53.6 Å². The maximum absolute atomic E-state index is 12.9. The van der Waals surface area contributed by atoms with Crippen LogP contribution in [0.3, 0.4) is 0 Å². The topological polar surface area (TPSA) is 75.7 Å². The van der Waals surface area contributed by atoms with Gasteiger partial charge >= 0.3 is 0 Å². The van der Waals surface area contributed by atoms with Crippen LogP contribution in [0.5, 0.6) is 5.75 Å². The zero-order chi connectivity index (χ0) is 19.4. The molecule has 1 amide bonds. The fourth-order valence-corrected chi connectivity index (χ4v) is 4.39. The fraction of sp³-hybridized carbons (Fsp3) is 0.350. The van der Waals surface area contributed by atoms with Crippen LogP contribution in [-0.4, -0.2) is 39.4 Å². The van der Waals surface area contributed by atoms with Gasteiger partial charge in [-0.25, -0.2) is 8.42 Å². The molecule has 1 N–H and O–H groups in total. The van der Waals surface area contributed by atoms with E-state index in [1.165, 1.54) is 19.2 Å². The molecule has 6 nitrogen and oxygen atoms in total. The lowest BCUT2D eigenvalue weighted by molar-refractivity contribution is 0.0724. The van der Waals surface area contributed by atoms with E-state index < -0.39 is 10.0 Å². The Labute approximate surface area is 160 Å². The van der Waals surface area contributed by atoms with Gasteiger partial charge in [-0.3, -0.25) is 9.52 Å². The van der Waals surface area contributed by atoms with Crippen LogP contribution >= 0.6 is 0 Å². The summed E-state index contributed by atoms with van der Waals surface area (Å²) in [5.41, 5.74) is 1.84. The molecule has 2 aromatic rings. The largest absolute Gasteiger partial charge is 0.495 e. The quantitative estimate of drug-likeness (QED) is 0.851. The molecule has 0 radical (unpaired) electrons. The van der Waals surface area contributed by atoms with E-state index in [0.29, 0.717) is 24.3 Å². The van der Waals surface area contributed by atoms with Gasteiger partial charge in [0.05, 0.1) is 7.11 Å². The Bertz CT molecular complexity index is 917. The molecule has 1 heterocycles. The van der Waals surface area contributed by atoms with E-state index in [0.717, 1.165) is 24.8 Å². The molecule has 0 spiro atoms. The van der Waals surface area contributed by atoms with E-state index >= 15 is 0 Å². The highest BCUT2D eigenvalue weighted by molar-refractivity contribution is 7.92. The molecule has 0 bridgehead atoms. The summed E-state index contributed by atoms with van der Waals surface area (Å²) in [6.07, 6.45) is 3.07. The van der Waals surface area contributed by atoms with Crippen LogP contribution in [0.2, 0.25) is 0 Å². The number of nitrogens with one attached hydrogen (secondary N) is 1. The van der Waals surface area contributed by atoms with Crippen molar-refractivity contribution < 1.29 is 17.9 Å². The minimum absolute atomic E-state index is 0.0477. The number of methoxy groups -OCH3 is 1. The SMILES string of the molecule is COc1ccc(C(=O)N2CCCCC2)cc1S(=O)(=O)Nc1ccc(C)cc1. The molecule has 0 unspecified atom stereocenters. The summed E-state index contributed by atoms with van der Waals surface area (Å²) in [5.74, 6) is 0.0499. The Balaban J connectivity index is 1.92. The van der Waals surface area contributed by atoms with Gasteiger partial charge in [0, 0.05) is 24.3 Å². The molecule has 0 saturated carbocycles. The highest BCUT2D eigenvalue weighted by Crippen LogP contribution is 2.28. The zero-order valence-electron chi connectivity index (χ0n) is 15.6. The van der Waals surface area contributed by atoms with E-state index in [-0.39, 0.29) is 16.6 Å². The number of ether oxygens (including phenoxy) is 1. The summed E-state index contributed by atoms with van der Waals surface area (Å²) >= 11 is 0. The van der Waals surface area contributed by atoms with Gasteiger partial charge in [0.1, 0.15) is 10.6 Å². The molecule has 27 heavy (non-hydrogen) atoms. The van der Waals surface area contributed by atoms with Crippen molar-refractivity contribution in [2.45, 2.75) is 31.1 Å². The van der Waals surface area contributed by atoms with Crippen LogP contribution in [0, 0.1) is 6.92 Å². The van der Waals surface area contributed by atoms with E-state index in [9.17, 15) is 13.2 Å². The minimum Gasteiger partial charge on any atom is -0.495 e. The number of hydrogen-bond acceptors (Lipinski definition) is 4. The van der Waals surface area contributed by atoms with Crippen LogP contribution < -0.4 is 9.46 Å². The highest BCUT2D eigenvalue weighted by atomic mass is 32.2. The van der Waals surface area contributed by atoms with Gasteiger partial charge in [-0.15, -0.1) is 0 Å². The van der Waals surface area contributed by atoms with Crippen molar-refractivity contribution in [1.29, 1.82) is 0 Å². The van der Waals surface area contributed by atoms with E-state index in [1.54, 1.807) is 23.1 Å². The lowest BCUT2D eigenvalue weighted by Crippen LogP contribution is -2.35. The summed E-state index contributed by atoms with van der Waals surface area (Å²) in [4.78, 5) is 14.5. The number of benzene rings is 2. The summed E-state index contributed by atoms with van der Waals surface area (Å²) in [5, 5.41) is 0. The number of hydrogen-bond donors (Lipinski definition) is 1. The van der Waals surface area contributed by atoms with E-state index in [4.69, 9.17) is 4.74 Å². The van der Waals surface area contributed by atoms with Gasteiger partial charge in [-0.05, 0) is 56.5 Å². The van der Waals surface area contributed by atoms with Gasteiger partial charge in [0.2, 0.25) is 0 Å². The minimum atomic E-state index is -3.90. The second-order valence-electron chi connectivity index (χ2n) is 6.69. The van der Waals surface area contributed by atoms with Crippen LogP contribution in [0.25, 0.3) is 0 Å². The second kappa shape index (κ2) is 8.00. The highest BCUT2D eigenvalue weighted by Gasteiger charge is 2.24. The van der Waals surface area contributed by atoms with Crippen molar-refractivity contribution in [2.24, 2.45) is 0 Å². The molecule has 3 rings (SSSR count). The standard InChI is InChI=1S/C20H24N2O4S/c1-15-6-9-17(10-7-15)21-27(24,25)19-14-16(8-11-18(19)26-2)20(23)22-12-4-3-5-13-22/h6-11,14,21H,3-5,12-13H2,1-2H3. The summed E-state index contributed by atoms with van der Waals surface area (Å²) in [6.45, 7) is 3.33. The third kappa shape index (κ3) is 4.42. The molecule has 0 aliphatic carbocycles. The predicted molar refractivity (Wildman–Crippen MR) is 105 cm³/mol. The number of carbonyl (C=O) groups excluding carboxylic acids is 1. The number of carbonyl (C=O) groups is 1. The van der Waals surface area contributed by atoms with Crippen molar-refractivity contribution >= 4 is 21.6 Å². The summed E-state index contributed by atoms with van der Waals surface area (Å²) in [7, 11) is -2.49. The Morgan fingerprint density at radius 2 is 1.70 bits per heavy atom. The maximum atomic E-state index is 12.9. The Kier molecular flexibility index (Phi) is 5.70. The maximum Gasteiger partial charge on any atom is 0.265 e. The summed E-state index contributed by atoms with van der Waals surface area (Å²) < 4.78 is 33.6. The van der Waals surface area contributed by atoms with Crippen molar-refractivity contribution in [2.75, 3.05) is 24.9 Å². The number of sulfonamides is 1. The van der Waals surface area contributed by atoms with Gasteiger partial charge < -0.3 is 9.64 Å². The fourth-order valence-electron chi connectivity index (χ4n) is 3.13. The number of likely N-dealkylation sites (tertiary alicyclic amines) is 1.